The van der Waals surface area contributed by atoms with Gasteiger partial charge in [-0.1, -0.05) is 50.2 Å². The van der Waals surface area contributed by atoms with Gasteiger partial charge in [0.05, 0.1) is 0 Å². The van der Waals surface area contributed by atoms with E-state index in [4.69, 9.17) is 0 Å². The van der Waals surface area contributed by atoms with Crippen LogP contribution in [0.15, 0.2) is 48.5 Å². The van der Waals surface area contributed by atoms with E-state index in [-0.39, 0.29) is 29.1 Å². The van der Waals surface area contributed by atoms with E-state index >= 15 is 0 Å². The predicted octanol–water partition coefficient (Wildman–Crippen LogP) is 4.93. The topological polar surface area (TPSA) is 58.2 Å². The first-order chi connectivity index (χ1) is 12.8. The average molecular weight is 364 g/mol. The molecule has 2 aromatic rings. The highest BCUT2D eigenvalue weighted by molar-refractivity contribution is 5.95. The maximum atomic E-state index is 12.7. The molecule has 4 heteroatoms. The Balaban J connectivity index is 1.58. The summed E-state index contributed by atoms with van der Waals surface area (Å²) in [6.45, 7) is 8.14. The lowest BCUT2D eigenvalue weighted by atomic mass is 9.53. The summed E-state index contributed by atoms with van der Waals surface area (Å²) < 4.78 is 0. The molecule has 1 aliphatic carbocycles. The van der Waals surface area contributed by atoms with Crippen molar-refractivity contribution >= 4 is 23.2 Å². The van der Waals surface area contributed by atoms with Gasteiger partial charge >= 0.3 is 0 Å². The standard InChI is InChI=1S/C23H28N2O2/c1-15-9-5-7-11-19(15)24-21(26)14-17-13-18(23(17,3)4)22(27)25-20-12-8-6-10-16(20)2/h5-12,17-18H,13-14H2,1-4H3,(H,24,26)(H,25,27). The van der Waals surface area contributed by atoms with Gasteiger partial charge in [0.25, 0.3) is 0 Å². The highest BCUT2D eigenvalue weighted by Gasteiger charge is 2.52. The second kappa shape index (κ2) is 7.55. The second-order valence-corrected chi connectivity index (χ2v) is 8.18. The van der Waals surface area contributed by atoms with Gasteiger partial charge in [0.15, 0.2) is 0 Å². The van der Waals surface area contributed by atoms with Crippen LogP contribution in [0.25, 0.3) is 0 Å². The minimum Gasteiger partial charge on any atom is -0.326 e. The van der Waals surface area contributed by atoms with Crippen molar-refractivity contribution in [2.24, 2.45) is 17.3 Å². The van der Waals surface area contributed by atoms with Gasteiger partial charge < -0.3 is 10.6 Å². The van der Waals surface area contributed by atoms with Crippen LogP contribution >= 0.6 is 0 Å². The summed E-state index contributed by atoms with van der Waals surface area (Å²) >= 11 is 0. The van der Waals surface area contributed by atoms with Gasteiger partial charge in [0.1, 0.15) is 0 Å². The molecular weight excluding hydrogens is 336 g/mol. The minimum atomic E-state index is -0.199. The number of hydrogen-bond donors (Lipinski definition) is 2. The number of rotatable bonds is 5. The van der Waals surface area contributed by atoms with Crippen LogP contribution in [-0.2, 0) is 9.59 Å². The second-order valence-electron chi connectivity index (χ2n) is 8.18. The van der Waals surface area contributed by atoms with E-state index < -0.39 is 0 Å². The molecule has 1 aliphatic rings. The first kappa shape index (κ1) is 19.2. The summed E-state index contributed by atoms with van der Waals surface area (Å²) in [6, 6.07) is 15.6. The molecule has 0 radical (unpaired) electrons. The Morgan fingerprint density at radius 3 is 1.96 bits per heavy atom. The Labute approximate surface area is 161 Å². The van der Waals surface area contributed by atoms with Crippen LogP contribution in [0.2, 0.25) is 0 Å². The molecule has 1 saturated carbocycles. The minimum absolute atomic E-state index is 0.0140. The Kier molecular flexibility index (Phi) is 5.36. The molecule has 142 valence electrons. The van der Waals surface area contributed by atoms with E-state index in [0.29, 0.717) is 6.42 Å². The third-order valence-corrected chi connectivity index (χ3v) is 6.04. The van der Waals surface area contributed by atoms with E-state index in [1.165, 1.54) is 0 Å². The number of carbonyl (C=O) groups is 2. The largest absolute Gasteiger partial charge is 0.326 e. The maximum absolute atomic E-state index is 12.7. The molecule has 0 bridgehead atoms. The molecule has 3 rings (SSSR count). The first-order valence-corrected chi connectivity index (χ1v) is 9.51. The average Bonchev–Trinajstić information content (AvgIpc) is 2.62. The first-order valence-electron chi connectivity index (χ1n) is 9.51. The number of para-hydroxylation sites is 2. The molecule has 1 fully saturated rings. The summed E-state index contributed by atoms with van der Waals surface area (Å²) in [6.07, 6.45) is 1.18. The Morgan fingerprint density at radius 2 is 1.44 bits per heavy atom. The van der Waals surface area contributed by atoms with Gasteiger partial charge in [-0.2, -0.15) is 0 Å². The molecule has 4 nitrogen and oxygen atoms in total. The molecule has 0 heterocycles. The van der Waals surface area contributed by atoms with Crippen LogP contribution in [-0.4, -0.2) is 11.8 Å². The van der Waals surface area contributed by atoms with Gasteiger partial charge in [-0.05, 0) is 54.9 Å². The fourth-order valence-corrected chi connectivity index (χ4v) is 3.88. The van der Waals surface area contributed by atoms with Gasteiger partial charge in [0.2, 0.25) is 11.8 Å². The Morgan fingerprint density at radius 1 is 0.926 bits per heavy atom. The summed E-state index contributed by atoms with van der Waals surface area (Å²) in [4.78, 5) is 25.2. The van der Waals surface area contributed by atoms with E-state index in [2.05, 4.69) is 24.5 Å². The fraction of sp³-hybridized carbons (Fsp3) is 0.391. The van der Waals surface area contributed by atoms with Crippen LogP contribution in [0.4, 0.5) is 11.4 Å². The van der Waals surface area contributed by atoms with Crippen LogP contribution in [0.5, 0.6) is 0 Å². The number of amides is 2. The van der Waals surface area contributed by atoms with Crippen molar-refractivity contribution in [1.82, 2.24) is 0 Å². The normalized spacial score (nSPS) is 20.4. The molecule has 2 unspecified atom stereocenters. The molecule has 27 heavy (non-hydrogen) atoms. The molecule has 0 spiro atoms. The lowest BCUT2D eigenvalue weighted by Gasteiger charge is -2.51. The zero-order valence-corrected chi connectivity index (χ0v) is 16.5. The SMILES string of the molecule is Cc1ccccc1NC(=O)CC1CC(C(=O)Nc2ccccc2C)C1(C)C. The number of anilines is 2. The van der Waals surface area contributed by atoms with E-state index in [9.17, 15) is 9.59 Å². The fourth-order valence-electron chi connectivity index (χ4n) is 3.88. The van der Waals surface area contributed by atoms with Crippen molar-refractivity contribution in [3.8, 4) is 0 Å². The zero-order valence-electron chi connectivity index (χ0n) is 16.5. The number of nitrogens with one attached hydrogen (secondary N) is 2. The number of benzene rings is 2. The summed E-state index contributed by atoms with van der Waals surface area (Å²) in [7, 11) is 0. The van der Waals surface area contributed by atoms with Crippen molar-refractivity contribution in [1.29, 1.82) is 0 Å². The van der Waals surface area contributed by atoms with E-state index in [0.717, 1.165) is 28.9 Å². The summed E-state index contributed by atoms with van der Waals surface area (Å²) in [5.74, 6) is 0.188. The number of hydrogen-bond acceptors (Lipinski definition) is 2. The zero-order chi connectivity index (χ0) is 19.6. The van der Waals surface area contributed by atoms with Gasteiger partial charge in [-0.25, -0.2) is 0 Å². The van der Waals surface area contributed by atoms with Crippen molar-refractivity contribution in [3.05, 3.63) is 59.7 Å². The predicted molar refractivity (Wildman–Crippen MR) is 110 cm³/mol. The van der Waals surface area contributed by atoms with Gasteiger partial charge in [0, 0.05) is 23.7 Å². The van der Waals surface area contributed by atoms with Crippen molar-refractivity contribution in [2.45, 2.75) is 40.5 Å². The lowest BCUT2D eigenvalue weighted by molar-refractivity contribution is -0.138. The molecule has 2 N–H and O–H groups in total. The highest BCUT2D eigenvalue weighted by atomic mass is 16.2. The molecule has 2 aromatic carbocycles. The molecule has 2 atom stereocenters. The van der Waals surface area contributed by atoms with Crippen LogP contribution in [0.1, 0.15) is 37.8 Å². The molecule has 0 saturated heterocycles. The Hall–Kier alpha value is -2.62. The summed E-state index contributed by atoms with van der Waals surface area (Å²) in [5.41, 5.74) is 3.62. The lowest BCUT2D eigenvalue weighted by Crippen LogP contribution is -2.51. The van der Waals surface area contributed by atoms with E-state index in [1.807, 2.05) is 62.4 Å². The molecular formula is C23H28N2O2. The molecule has 2 amide bonds. The quantitative estimate of drug-likeness (QED) is 0.790. The monoisotopic (exact) mass is 364 g/mol. The maximum Gasteiger partial charge on any atom is 0.228 e. The third kappa shape index (κ3) is 4.05. The highest BCUT2D eigenvalue weighted by Crippen LogP contribution is 2.53. The van der Waals surface area contributed by atoms with Gasteiger partial charge in [-0.15, -0.1) is 0 Å². The number of aryl methyl sites for hydroxylation is 2. The molecule has 0 aromatic heterocycles. The van der Waals surface area contributed by atoms with Crippen LogP contribution in [0.3, 0.4) is 0 Å². The van der Waals surface area contributed by atoms with Crippen molar-refractivity contribution < 1.29 is 9.59 Å². The van der Waals surface area contributed by atoms with E-state index in [1.54, 1.807) is 0 Å². The Bertz CT molecular complexity index is 857. The summed E-state index contributed by atoms with van der Waals surface area (Å²) in [5, 5.41) is 6.05. The number of carbonyl (C=O) groups excluding carboxylic acids is 2. The van der Waals surface area contributed by atoms with Gasteiger partial charge in [-0.3, -0.25) is 9.59 Å². The molecule has 0 aliphatic heterocycles. The van der Waals surface area contributed by atoms with Crippen LogP contribution < -0.4 is 10.6 Å². The van der Waals surface area contributed by atoms with Crippen LogP contribution in [0, 0.1) is 31.1 Å². The smallest absolute Gasteiger partial charge is 0.228 e. The van der Waals surface area contributed by atoms with Crippen molar-refractivity contribution in [3.63, 3.8) is 0 Å². The third-order valence-electron chi connectivity index (χ3n) is 6.04. The van der Waals surface area contributed by atoms with Crippen molar-refractivity contribution in [2.75, 3.05) is 10.6 Å².